The summed E-state index contributed by atoms with van der Waals surface area (Å²) in [5.41, 5.74) is 9.49. The van der Waals surface area contributed by atoms with Crippen LogP contribution in [0.25, 0.3) is 27.5 Å². The lowest BCUT2D eigenvalue weighted by atomic mass is 10.1. The number of benzene rings is 2. The number of rotatable bonds is 8. The van der Waals surface area contributed by atoms with Crippen LogP contribution in [0.4, 0.5) is 0 Å². The van der Waals surface area contributed by atoms with Crippen molar-refractivity contribution in [3.8, 4) is 27.5 Å². The van der Waals surface area contributed by atoms with E-state index in [0.717, 1.165) is 21.7 Å². The zero-order valence-electron chi connectivity index (χ0n) is 19.8. The molecule has 0 fully saturated rings. The predicted molar refractivity (Wildman–Crippen MR) is 151 cm³/mol. The molecule has 5 rings (SSSR count). The van der Waals surface area contributed by atoms with Crippen LogP contribution in [0, 0.1) is 0 Å². The van der Waals surface area contributed by atoms with Crippen LogP contribution in [0.3, 0.4) is 0 Å². The molecule has 7 nitrogen and oxygen atoms in total. The van der Waals surface area contributed by atoms with Crippen molar-refractivity contribution in [3.63, 3.8) is 0 Å². The largest absolute Gasteiger partial charge is 0.368 e. The molecule has 1 atom stereocenters. The molecule has 3 aromatic heterocycles. The predicted octanol–water partition coefficient (Wildman–Crippen LogP) is 5.80. The maximum absolute atomic E-state index is 13.1. The molecule has 0 spiro atoms. The molecule has 0 saturated carbocycles. The number of hydrogen-bond donors (Lipinski definition) is 2. The molecule has 2 amide bonds. The fourth-order valence-corrected chi connectivity index (χ4v) is 5.13. The summed E-state index contributed by atoms with van der Waals surface area (Å²) in [6.45, 7) is 0. The van der Waals surface area contributed by atoms with E-state index in [2.05, 4.69) is 10.3 Å². The number of aromatic nitrogens is 3. The number of thiophene rings is 1. The third-order valence-corrected chi connectivity index (χ3v) is 7.67. The number of hydrogen-bond acceptors (Lipinski definition) is 5. The van der Waals surface area contributed by atoms with Crippen LogP contribution in [-0.2, 0) is 11.2 Å². The maximum Gasteiger partial charge on any atom is 0.262 e. The van der Waals surface area contributed by atoms with Crippen molar-refractivity contribution in [2.75, 3.05) is 0 Å². The first-order chi connectivity index (χ1) is 18.4. The SMILES string of the molecule is NC(=O)C(Cc1ccccc1)NC(=O)c1ccc(-c2cc(-c3cccnc3)nn2-c2ccc(Cl)c(Cl)c2)s1. The summed E-state index contributed by atoms with van der Waals surface area (Å²) >= 11 is 13.7. The van der Waals surface area contributed by atoms with E-state index in [9.17, 15) is 9.59 Å². The number of carbonyl (C=O) groups excluding carboxylic acids is 2. The normalized spacial score (nSPS) is 11.7. The Labute approximate surface area is 232 Å². The molecule has 0 radical (unpaired) electrons. The van der Waals surface area contributed by atoms with Gasteiger partial charge in [0.1, 0.15) is 6.04 Å². The Kier molecular flexibility index (Phi) is 7.55. The minimum Gasteiger partial charge on any atom is -0.368 e. The highest BCUT2D eigenvalue weighted by atomic mass is 35.5. The molecule has 38 heavy (non-hydrogen) atoms. The standard InChI is InChI=1S/C28H21Cl2N5O2S/c29-20-9-8-19(14-21(20)30)35-24(15-22(34-35)18-7-4-12-32-16-18)25-10-11-26(38-25)28(37)33-23(27(31)36)13-17-5-2-1-3-6-17/h1-12,14-16,23H,13H2,(H2,31,36)(H,33,37). The Hall–Kier alpha value is -3.98. The van der Waals surface area contributed by atoms with Crippen LogP contribution >= 0.6 is 34.5 Å². The van der Waals surface area contributed by atoms with Gasteiger partial charge in [0.25, 0.3) is 5.91 Å². The molecule has 190 valence electrons. The first-order valence-electron chi connectivity index (χ1n) is 11.6. The Morgan fingerprint density at radius 1 is 0.974 bits per heavy atom. The van der Waals surface area contributed by atoms with Crippen LogP contribution in [0.5, 0.6) is 0 Å². The molecule has 0 aliphatic carbocycles. The number of nitrogens with zero attached hydrogens (tertiary/aromatic N) is 3. The summed E-state index contributed by atoms with van der Waals surface area (Å²) in [5, 5.41) is 8.40. The molecule has 0 aliphatic rings. The number of nitrogens with two attached hydrogens (primary N) is 1. The van der Waals surface area contributed by atoms with E-state index in [1.807, 2.05) is 60.7 Å². The van der Waals surface area contributed by atoms with E-state index in [4.69, 9.17) is 34.0 Å². The number of primary amides is 1. The van der Waals surface area contributed by atoms with Crippen molar-refractivity contribution in [1.82, 2.24) is 20.1 Å². The van der Waals surface area contributed by atoms with E-state index in [1.54, 1.807) is 35.3 Å². The lowest BCUT2D eigenvalue weighted by Gasteiger charge is -2.15. The summed E-state index contributed by atoms with van der Waals surface area (Å²) in [7, 11) is 0. The smallest absolute Gasteiger partial charge is 0.262 e. The highest BCUT2D eigenvalue weighted by molar-refractivity contribution is 7.17. The summed E-state index contributed by atoms with van der Waals surface area (Å²) < 4.78 is 1.75. The van der Waals surface area contributed by atoms with Crippen molar-refractivity contribution in [2.45, 2.75) is 12.5 Å². The Bertz CT molecular complexity index is 1600. The van der Waals surface area contributed by atoms with Crippen LogP contribution in [0.2, 0.25) is 10.0 Å². The van der Waals surface area contributed by atoms with Crippen molar-refractivity contribution in [3.05, 3.63) is 112 Å². The lowest BCUT2D eigenvalue weighted by Crippen LogP contribution is -2.45. The monoisotopic (exact) mass is 561 g/mol. The number of halogens is 2. The molecule has 2 aromatic carbocycles. The van der Waals surface area contributed by atoms with Crippen LogP contribution < -0.4 is 11.1 Å². The minimum atomic E-state index is -0.839. The molecule has 0 aliphatic heterocycles. The van der Waals surface area contributed by atoms with Gasteiger partial charge in [-0.15, -0.1) is 11.3 Å². The third kappa shape index (κ3) is 5.62. The van der Waals surface area contributed by atoms with Gasteiger partial charge in [0.05, 0.1) is 36.9 Å². The second-order valence-corrected chi connectivity index (χ2v) is 10.3. The number of nitrogens with one attached hydrogen (secondary N) is 1. The van der Waals surface area contributed by atoms with E-state index >= 15 is 0 Å². The van der Waals surface area contributed by atoms with E-state index in [-0.39, 0.29) is 5.91 Å². The average Bonchev–Trinajstić information content (AvgIpc) is 3.59. The first-order valence-corrected chi connectivity index (χ1v) is 13.2. The maximum atomic E-state index is 13.1. The molecule has 5 aromatic rings. The van der Waals surface area contributed by atoms with Crippen molar-refractivity contribution in [2.24, 2.45) is 5.73 Å². The highest BCUT2D eigenvalue weighted by Gasteiger charge is 2.22. The van der Waals surface area contributed by atoms with Gasteiger partial charge >= 0.3 is 0 Å². The lowest BCUT2D eigenvalue weighted by molar-refractivity contribution is -0.119. The van der Waals surface area contributed by atoms with Crippen LogP contribution in [-0.4, -0.2) is 32.6 Å². The minimum absolute atomic E-state index is 0.304. The van der Waals surface area contributed by atoms with Gasteiger partial charge in [-0.2, -0.15) is 5.10 Å². The zero-order valence-corrected chi connectivity index (χ0v) is 22.2. The van der Waals surface area contributed by atoms with Crippen molar-refractivity contribution in [1.29, 1.82) is 0 Å². The van der Waals surface area contributed by atoms with Gasteiger partial charge in [-0.25, -0.2) is 4.68 Å². The van der Waals surface area contributed by atoms with E-state index < -0.39 is 11.9 Å². The van der Waals surface area contributed by atoms with Gasteiger partial charge in [0, 0.05) is 24.4 Å². The number of pyridine rings is 1. The highest BCUT2D eigenvalue weighted by Crippen LogP contribution is 2.34. The fourth-order valence-electron chi connectivity index (χ4n) is 3.93. The first kappa shape index (κ1) is 25.7. The molecule has 1 unspecified atom stereocenters. The number of carbonyl (C=O) groups is 2. The van der Waals surface area contributed by atoms with Gasteiger partial charge < -0.3 is 11.1 Å². The second kappa shape index (κ2) is 11.2. The van der Waals surface area contributed by atoms with Crippen molar-refractivity contribution < 1.29 is 9.59 Å². The third-order valence-electron chi connectivity index (χ3n) is 5.83. The van der Waals surface area contributed by atoms with Gasteiger partial charge in [0.2, 0.25) is 5.91 Å². The van der Waals surface area contributed by atoms with Crippen molar-refractivity contribution >= 4 is 46.4 Å². The fraction of sp³-hybridized carbons (Fsp3) is 0.0714. The molecule has 10 heteroatoms. The topological polar surface area (TPSA) is 103 Å². The summed E-state index contributed by atoms with van der Waals surface area (Å²) in [4.78, 5) is 30.6. The Morgan fingerprint density at radius 2 is 1.79 bits per heavy atom. The number of amides is 2. The Balaban J connectivity index is 1.46. The zero-order chi connectivity index (χ0) is 26.6. The van der Waals surface area contributed by atoms with E-state index in [0.29, 0.717) is 32.7 Å². The van der Waals surface area contributed by atoms with Gasteiger partial charge in [-0.05, 0) is 54.1 Å². The molecule has 0 saturated heterocycles. The molecular weight excluding hydrogens is 541 g/mol. The molecule has 3 N–H and O–H groups in total. The summed E-state index contributed by atoms with van der Waals surface area (Å²) in [6, 6.07) is 23.1. The molecule has 0 bridgehead atoms. The molecule has 3 heterocycles. The summed E-state index contributed by atoms with van der Waals surface area (Å²) in [5.74, 6) is -0.980. The Morgan fingerprint density at radius 3 is 2.50 bits per heavy atom. The quantitative estimate of drug-likeness (QED) is 0.250. The van der Waals surface area contributed by atoms with Gasteiger partial charge in [-0.3, -0.25) is 14.6 Å². The van der Waals surface area contributed by atoms with E-state index in [1.165, 1.54) is 11.3 Å². The van der Waals surface area contributed by atoms with Gasteiger partial charge in [-0.1, -0.05) is 53.5 Å². The average molecular weight is 562 g/mol. The molecular formula is C28H21Cl2N5O2S. The summed E-state index contributed by atoms with van der Waals surface area (Å²) in [6.07, 6.45) is 3.73. The van der Waals surface area contributed by atoms with Crippen LogP contribution in [0.15, 0.2) is 91.3 Å². The van der Waals surface area contributed by atoms with Gasteiger partial charge in [0.15, 0.2) is 0 Å². The second-order valence-electron chi connectivity index (χ2n) is 8.45. The van der Waals surface area contributed by atoms with Crippen LogP contribution in [0.1, 0.15) is 15.2 Å².